The number of aliphatic hydroxyl groups is 1. The van der Waals surface area contributed by atoms with Gasteiger partial charge in [-0.3, -0.25) is 0 Å². The molecule has 3 rings (SSSR count). The summed E-state index contributed by atoms with van der Waals surface area (Å²) in [5.74, 6) is 0.558. The predicted octanol–water partition coefficient (Wildman–Crippen LogP) is 2.78. The highest BCUT2D eigenvalue weighted by molar-refractivity contribution is 7.89. The van der Waals surface area contributed by atoms with Gasteiger partial charge in [0.15, 0.2) is 24.0 Å². The molecule has 0 bridgehead atoms. The number of halogens is 2. The van der Waals surface area contributed by atoms with Gasteiger partial charge in [-0.2, -0.15) is 12.7 Å². The SMILES string of the molecule is COc1ccc(S(=O)(=O)N2C[C@@H](CC(O)OS(C)(=O)=O)O[C@@H]2c2ccc(Cl)c(Cl)c2)cc1OC. The van der Waals surface area contributed by atoms with Crippen LogP contribution in [0.3, 0.4) is 0 Å². The fourth-order valence-electron chi connectivity index (χ4n) is 3.43. The Morgan fingerprint density at radius 3 is 2.32 bits per heavy atom. The molecule has 1 fully saturated rings. The predicted molar refractivity (Wildman–Crippen MR) is 124 cm³/mol. The number of methoxy groups -OCH3 is 2. The zero-order valence-corrected chi connectivity index (χ0v) is 21.5. The monoisotopic (exact) mass is 555 g/mol. The van der Waals surface area contributed by atoms with Crippen molar-refractivity contribution in [2.75, 3.05) is 27.0 Å². The third-order valence-corrected chi connectivity index (χ3v) is 8.03. The molecule has 14 heteroatoms. The molecule has 0 amide bonds. The van der Waals surface area contributed by atoms with Crippen LogP contribution in [0.15, 0.2) is 41.3 Å². The van der Waals surface area contributed by atoms with Crippen molar-refractivity contribution < 1.29 is 40.3 Å². The number of rotatable bonds is 9. The van der Waals surface area contributed by atoms with Gasteiger partial charge in [-0.1, -0.05) is 29.3 Å². The summed E-state index contributed by atoms with van der Waals surface area (Å²) in [6, 6.07) is 8.66. The van der Waals surface area contributed by atoms with Crippen LogP contribution in [0.5, 0.6) is 11.5 Å². The molecule has 1 heterocycles. The van der Waals surface area contributed by atoms with Crippen LogP contribution >= 0.6 is 23.2 Å². The molecular formula is C20H23Cl2NO9S2. The van der Waals surface area contributed by atoms with Crippen LogP contribution in [-0.4, -0.2) is 65.7 Å². The first kappa shape index (κ1) is 27.0. The summed E-state index contributed by atoms with van der Waals surface area (Å²) in [6.45, 7) is -0.203. The Labute approximate surface area is 208 Å². The third-order valence-electron chi connectivity index (χ3n) is 4.91. The molecule has 0 spiro atoms. The summed E-state index contributed by atoms with van der Waals surface area (Å²) in [5, 5.41) is 10.5. The summed E-state index contributed by atoms with van der Waals surface area (Å²) in [4.78, 5) is -0.0904. The van der Waals surface area contributed by atoms with E-state index in [1.54, 1.807) is 6.07 Å². The first-order chi connectivity index (χ1) is 15.9. The topological polar surface area (TPSA) is 129 Å². The molecule has 34 heavy (non-hydrogen) atoms. The van der Waals surface area contributed by atoms with Gasteiger partial charge in [0.25, 0.3) is 10.1 Å². The van der Waals surface area contributed by atoms with E-state index in [1.165, 1.54) is 44.6 Å². The maximum absolute atomic E-state index is 13.6. The molecule has 3 atom stereocenters. The second kappa shape index (κ2) is 10.5. The Morgan fingerprint density at radius 2 is 1.74 bits per heavy atom. The summed E-state index contributed by atoms with van der Waals surface area (Å²) in [6.07, 6.45) is -3.27. The standard InChI is InChI=1S/C20H23Cl2NO9S2/c1-29-17-7-5-14(10-18(17)30-2)34(27,28)23-11-13(9-19(24)32-33(3,25)26)31-20(23)12-4-6-15(21)16(22)8-12/h4-8,10,13,19-20,24H,9,11H2,1-3H3/t13-,19?,20-/m1/s1. The van der Waals surface area contributed by atoms with Crippen LogP contribution in [0.25, 0.3) is 0 Å². The molecule has 0 aliphatic carbocycles. The Kier molecular flexibility index (Phi) is 8.36. The molecule has 10 nitrogen and oxygen atoms in total. The molecule has 2 aromatic rings. The molecule has 2 aromatic carbocycles. The average molecular weight is 556 g/mol. The van der Waals surface area contributed by atoms with Crippen molar-refractivity contribution >= 4 is 43.3 Å². The van der Waals surface area contributed by atoms with E-state index in [0.29, 0.717) is 11.3 Å². The molecular weight excluding hydrogens is 533 g/mol. The van der Waals surface area contributed by atoms with Crippen molar-refractivity contribution in [1.29, 1.82) is 0 Å². The van der Waals surface area contributed by atoms with Crippen LogP contribution < -0.4 is 9.47 Å². The van der Waals surface area contributed by atoms with Crippen molar-refractivity contribution in [2.45, 2.75) is 29.9 Å². The number of aliphatic hydroxyl groups excluding tert-OH is 1. The van der Waals surface area contributed by atoms with E-state index in [2.05, 4.69) is 4.18 Å². The maximum Gasteiger partial charge on any atom is 0.266 e. The number of nitrogens with zero attached hydrogens (tertiary/aromatic N) is 1. The fourth-order valence-corrected chi connectivity index (χ4v) is 5.77. The summed E-state index contributed by atoms with van der Waals surface area (Å²) >= 11 is 12.1. The number of ether oxygens (including phenoxy) is 3. The van der Waals surface area contributed by atoms with E-state index in [9.17, 15) is 21.9 Å². The van der Waals surface area contributed by atoms with E-state index in [0.717, 1.165) is 10.6 Å². The molecule has 0 aromatic heterocycles. The van der Waals surface area contributed by atoms with E-state index < -0.39 is 38.8 Å². The van der Waals surface area contributed by atoms with Crippen LogP contribution in [0.2, 0.25) is 10.0 Å². The molecule has 188 valence electrons. The third kappa shape index (κ3) is 6.13. The summed E-state index contributed by atoms with van der Waals surface area (Å²) < 4.78 is 71.7. The zero-order chi connectivity index (χ0) is 25.3. The number of hydrogen-bond donors (Lipinski definition) is 1. The highest BCUT2D eigenvalue weighted by atomic mass is 35.5. The minimum Gasteiger partial charge on any atom is -0.493 e. The van der Waals surface area contributed by atoms with Gasteiger partial charge in [-0.25, -0.2) is 12.6 Å². The van der Waals surface area contributed by atoms with Gasteiger partial charge in [-0.05, 0) is 29.8 Å². The van der Waals surface area contributed by atoms with Gasteiger partial charge in [0.05, 0.1) is 41.5 Å². The lowest BCUT2D eigenvalue weighted by atomic mass is 10.2. The molecule has 0 radical (unpaired) electrons. The van der Waals surface area contributed by atoms with Crippen LogP contribution in [-0.2, 0) is 29.1 Å². The molecule has 1 N–H and O–H groups in total. The van der Waals surface area contributed by atoms with Gasteiger partial charge >= 0.3 is 0 Å². The second-order valence-electron chi connectivity index (χ2n) is 7.37. The average Bonchev–Trinajstić information content (AvgIpc) is 3.18. The second-order valence-corrected chi connectivity index (χ2v) is 11.7. The van der Waals surface area contributed by atoms with Crippen LogP contribution in [0.1, 0.15) is 18.2 Å². The first-order valence-corrected chi connectivity index (χ1v) is 13.8. The van der Waals surface area contributed by atoms with E-state index in [-0.39, 0.29) is 33.7 Å². The van der Waals surface area contributed by atoms with Crippen molar-refractivity contribution in [3.8, 4) is 11.5 Å². The summed E-state index contributed by atoms with van der Waals surface area (Å²) in [5.41, 5.74) is 0.388. The largest absolute Gasteiger partial charge is 0.493 e. The van der Waals surface area contributed by atoms with Crippen molar-refractivity contribution in [1.82, 2.24) is 4.31 Å². The number of benzene rings is 2. The van der Waals surface area contributed by atoms with E-state index in [4.69, 9.17) is 37.4 Å². The van der Waals surface area contributed by atoms with Gasteiger partial charge < -0.3 is 19.3 Å². The lowest BCUT2D eigenvalue weighted by molar-refractivity contribution is -0.0633. The molecule has 0 saturated carbocycles. The number of sulfonamides is 1. The smallest absolute Gasteiger partial charge is 0.266 e. The molecule has 1 aliphatic heterocycles. The van der Waals surface area contributed by atoms with Crippen LogP contribution in [0.4, 0.5) is 0 Å². The maximum atomic E-state index is 13.6. The van der Waals surface area contributed by atoms with Crippen molar-refractivity contribution in [3.63, 3.8) is 0 Å². The molecule has 1 aliphatic rings. The van der Waals surface area contributed by atoms with Crippen molar-refractivity contribution in [2.24, 2.45) is 0 Å². The van der Waals surface area contributed by atoms with Gasteiger partial charge in [-0.15, -0.1) is 0 Å². The van der Waals surface area contributed by atoms with Gasteiger partial charge in [0, 0.05) is 19.0 Å². The highest BCUT2D eigenvalue weighted by Crippen LogP contribution is 2.40. The Balaban J connectivity index is 1.99. The van der Waals surface area contributed by atoms with Crippen molar-refractivity contribution in [3.05, 3.63) is 52.0 Å². The normalized spacial score (nSPS) is 20.3. The lowest BCUT2D eigenvalue weighted by Gasteiger charge is -2.23. The zero-order valence-electron chi connectivity index (χ0n) is 18.3. The van der Waals surface area contributed by atoms with Gasteiger partial charge in [0.2, 0.25) is 10.0 Å². The minimum absolute atomic E-state index is 0.0904. The lowest BCUT2D eigenvalue weighted by Crippen LogP contribution is -2.32. The number of hydrogen-bond acceptors (Lipinski definition) is 9. The van der Waals surface area contributed by atoms with Gasteiger partial charge in [0.1, 0.15) is 0 Å². The fraction of sp³-hybridized carbons (Fsp3) is 0.400. The highest BCUT2D eigenvalue weighted by Gasteiger charge is 2.43. The Hall–Kier alpha value is -1.64. The van der Waals surface area contributed by atoms with E-state index in [1.807, 2.05) is 0 Å². The first-order valence-electron chi connectivity index (χ1n) is 9.76. The van der Waals surface area contributed by atoms with E-state index >= 15 is 0 Å². The quantitative estimate of drug-likeness (QED) is 0.366. The minimum atomic E-state index is -4.16. The molecule has 1 unspecified atom stereocenters. The molecule has 1 saturated heterocycles. The summed E-state index contributed by atoms with van der Waals surface area (Å²) in [7, 11) is -5.29. The van der Waals surface area contributed by atoms with Crippen LogP contribution in [0, 0.1) is 0 Å². The Morgan fingerprint density at radius 1 is 1.06 bits per heavy atom. The Bertz CT molecular complexity index is 1250.